The molecule has 190 valence electrons. The lowest BCUT2D eigenvalue weighted by Gasteiger charge is -2.35. The predicted octanol–water partition coefficient (Wildman–Crippen LogP) is 3.12. The van der Waals surface area contributed by atoms with Crippen molar-refractivity contribution in [3.8, 4) is 22.9 Å². The van der Waals surface area contributed by atoms with E-state index in [1.807, 2.05) is 30.3 Å². The van der Waals surface area contributed by atoms with Crippen molar-refractivity contribution in [3.05, 3.63) is 36.4 Å². The quantitative estimate of drug-likeness (QED) is 0.521. The number of anilines is 3. The molecule has 0 atom stereocenters. The summed E-state index contributed by atoms with van der Waals surface area (Å²) in [6.45, 7) is 4.90. The largest absolute Gasteiger partial charge is 0.378 e. The molecule has 3 fully saturated rings. The number of nitrogens with one attached hydrogen (secondary N) is 2. The number of hydrogen-bond donors (Lipinski definition) is 2. The molecule has 10 nitrogen and oxygen atoms in total. The number of H-pyrrole nitrogens is 1. The molecule has 1 saturated carbocycles. The molecule has 0 amide bonds. The molecule has 3 aromatic rings. The van der Waals surface area contributed by atoms with Crippen molar-refractivity contribution in [1.29, 1.82) is 0 Å². The SMILES string of the molecule is CS(=O)(=O)Nc1ccc(-c2n[nH]c(-c3cccc(N4CCOCC4)n3)n2)c(N2CCC3(CC2)CC3)c1. The number of sulfonamides is 1. The number of aromatic nitrogens is 4. The first-order chi connectivity index (χ1) is 17.4. The Morgan fingerprint density at radius 1 is 0.972 bits per heavy atom. The van der Waals surface area contributed by atoms with Gasteiger partial charge in [0, 0.05) is 37.4 Å². The van der Waals surface area contributed by atoms with E-state index < -0.39 is 10.0 Å². The van der Waals surface area contributed by atoms with Gasteiger partial charge in [0.1, 0.15) is 11.5 Å². The van der Waals surface area contributed by atoms with Crippen molar-refractivity contribution in [1.82, 2.24) is 20.2 Å². The molecular weight excluding hydrogens is 478 g/mol. The van der Waals surface area contributed by atoms with Gasteiger partial charge < -0.3 is 14.5 Å². The average molecular weight is 510 g/mol. The molecular formula is C25H31N7O3S. The van der Waals surface area contributed by atoms with Crippen LogP contribution in [0.5, 0.6) is 0 Å². The molecule has 2 N–H and O–H groups in total. The Morgan fingerprint density at radius 2 is 1.75 bits per heavy atom. The highest BCUT2D eigenvalue weighted by Gasteiger charge is 2.44. The Morgan fingerprint density at radius 3 is 2.47 bits per heavy atom. The molecule has 0 bridgehead atoms. The molecule has 1 aromatic carbocycles. The van der Waals surface area contributed by atoms with Crippen molar-refractivity contribution in [3.63, 3.8) is 0 Å². The summed E-state index contributed by atoms with van der Waals surface area (Å²) >= 11 is 0. The smallest absolute Gasteiger partial charge is 0.229 e. The van der Waals surface area contributed by atoms with E-state index in [1.165, 1.54) is 12.8 Å². The minimum Gasteiger partial charge on any atom is -0.378 e. The van der Waals surface area contributed by atoms with Gasteiger partial charge >= 0.3 is 0 Å². The number of ether oxygens (including phenoxy) is 1. The molecule has 36 heavy (non-hydrogen) atoms. The third-order valence-electron chi connectivity index (χ3n) is 7.46. The normalized spacial score (nSPS) is 19.5. The van der Waals surface area contributed by atoms with Gasteiger partial charge in [0.15, 0.2) is 11.6 Å². The van der Waals surface area contributed by atoms with Crippen LogP contribution in [-0.4, -0.2) is 74.2 Å². The van der Waals surface area contributed by atoms with Crippen LogP contribution in [0.25, 0.3) is 22.9 Å². The zero-order valence-corrected chi connectivity index (χ0v) is 21.2. The van der Waals surface area contributed by atoms with Crippen molar-refractivity contribution < 1.29 is 13.2 Å². The average Bonchev–Trinajstić information content (AvgIpc) is 3.44. The van der Waals surface area contributed by atoms with Crippen LogP contribution in [0.2, 0.25) is 0 Å². The topological polar surface area (TPSA) is 116 Å². The summed E-state index contributed by atoms with van der Waals surface area (Å²) in [4.78, 5) is 14.2. The first-order valence-electron chi connectivity index (χ1n) is 12.5. The molecule has 4 heterocycles. The maximum absolute atomic E-state index is 11.9. The summed E-state index contributed by atoms with van der Waals surface area (Å²) in [5.74, 6) is 2.06. The van der Waals surface area contributed by atoms with E-state index in [0.29, 0.717) is 36.0 Å². The Hall–Kier alpha value is -3.18. The molecule has 6 rings (SSSR count). The summed E-state index contributed by atoms with van der Waals surface area (Å²) in [6.07, 6.45) is 6.13. The van der Waals surface area contributed by atoms with E-state index in [4.69, 9.17) is 14.7 Å². The van der Waals surface area contributed by atoms with Crippen LogP contribution in [0.15, 0.2) is 36.4 Å². The molecule has 2 saturated heterocycles. The van der Waals surface area contributed by atoms with Crippen molar-refractivity contribution >= 4 is 27.2 Å². The lowest BCUT2D eigenvalue weighted by molar-refractivity contribution is 0.122. The number of morpholine rings is 1. The number of hydrogen-bond acceptors (Lipinski definition) is 8. The molecule has 1 spiro atoms. The van der Waals surface area contributed by atoms with Crippen LogP contribution in [0.4, 0.5) is 17.2 Å². The van der Waals surface area contributed by atoms with Gasteiger partial charge in [0.05, 0.1) is 25.2 Å². The predicted molar refractivity (Wildman–Crippen MR) is 140 cm³/mol. The molecule has 2 aliphatic heterocycles. The minimum atomic E-state index is -3.38. The van der Waals surface area contributed by atoms with Crippen LogP contribution in [0.3, 0.4) is 0 Å². The van der Waals surface area contributed by atoms with E-state index in [2.05, 4.69) is 24.7 Å². The van der Waals surface area contributed by atoms with Crippen LogP contribution >= 0.6 is 0 Å². The van der Waals surface area contributed by atoms with Gasteiger partial charge in [-0.1, -0.05) is 6.07 Å². The summed E-state index contributed by atoms with van der Waals surface area (Å²) in [5, 5.41) is 7.59. The van der Waals surface area contributed by atoms with Gasteiger partial charge in [-0.05, 0) is 61.4 Å². The van der Waals surface area contributed by atoms with Gasteiger partial charge in [-0.15, -0.1) is 0 Å². The highest BCUT2D eigenvalue weighted by atomic mass is 32.2. The molecule has 1 aliphatic carbocycles. The Balaban J connectivity index is 1.31. The zero-order valence-electron chi connectivity index (χ0n) is 20.4. The molecule has 11 heteroatoms. The standard InChI is InChI=1S/C25H31N7O3S/c1-36(33,34)30-18-5-6-19(21(17-18)31-11-9-25(7-8-25)10-12-31)23-27-24(29-28-23)20-3-2-4-22(26-20)32-13-15-35-16-14-32/h2-6,17,30H,7-16H2,1H3,(H,27,28,29). The van der Waals surface area contributed by atoms with Gasteiger partial charge in [-0.25, -0.2) is 18.4 Å². The lowest BCUT2D eigenvalue weighted by atomic mass is 9.93. The number of pyridine rings is 1. The van der Waals surface area contributed by atoms with E-state index in [1.54, 1.807) is 6.07 Å². The third kappa shape index (κ3) is 4.90. The van der Waals surface area contributed by atoms with Crippen molar-refractivity contribution in [2.24, 2.45) is 5.41 Å². The third-order valence-corrected chi connectivity index (χ3v) is 8.07. The number of nitrogens with zero attached hydrogens (tertiary/aromatic N) is 5. The summed E-state index contributed by atoms with van der Waals surface area (Å²) in [5.41, 5.74) is 3.61. The van der Waals surface area contributed by atoms with Gasteiger partial charge in [-0.2, -0.15) is 5.10 Å². The highest BCUT2D eigenvalue weighted by molar-refractivity contribution is 7.92. The van der Waals surface area contributed by atoms with Gasteiger partial charge in [-0.3, -0.25) is 9.82 Å². The minimum absolute atomic E-state index is 0.536. The van der Waals surface area contributed by atoms with Crippen molar-refractivity contribution in [2.45, 2.75) is 25.7 Å². The fourth-order valence-corrected chi connectivity index (χ4v) is 5.73. The lowest BCUT2D eigenvalue weighted by Crippen LogP contribution is -2.36. The summed E-state index contributed by atoms with van der Waals surface area (Å²) in [7, 11) is -3.38. The van der Waals surface area contributed by atoms with E-state index >= 15 is 0 Å². The highest BCUT2D eigenvalue weighted by Crippen LogP contribution is 2.54. The molecule has 0 unspecified atom stereocenters. The van der Waals surface area contributed by atoms with E-state index in [9.17, 15) is 8.42 Å². The van der Waals surface area contributed by atoms with Crippen LogP contribution in [0, 0.1) is 5.41 Å². The van der Waals surface area contributed by atoms with E-state index in [-0.39, 0.29) is 0 Å². The van der Waals surface area contributed by atoms with Crippen LogP contribution < -0.4 is 14.5 Å². The van der Waals surface area contributed by atoms with Gasteiger partial charge in [0.25, 0.3) is 0 Å². The van der Waals surface area contributed by atoms with E-state index in [0.717, 1.165) is 68.0 Å². The Labute approximate surface area is 211 Å². The number of aromatic amines is 1. The van der Waals surface area contributed by atoms with Crippen molar-refractivity contribution in [2.75, 3.05) is 60.2 Å². The summed E-state index contributed by atoms with van der Waals surface area (Å²) in [6, 6.07) is 11.5. The first kappa shape index (κ1) is 23.2. The molecule has 0 radical (unpaired) electrons. The molecule has 3 aliphatic rings. The summed E-state index contributed by atoms with van der Waals surface area (Å²) < 4.78 is 31.8. The fourth-order valence-electron chi connectivity index (χ4n) is 5.18. The van der Waals surface area contributed by atoms with Crippen LogP contribution in [-0.2, 0) is 14.8 Å². The van der Waals surface area contributed by atoms with Gasteiger partial charge in [0.2, 0.25) is 10.0 Å². The molecule has 2 aromatic heterocycles. The second kappa shape index (κ2) is 9.04. The number of piperidine rings is 1. The maximum atomic E-state index is 11.9. The Kier molecular flexibility index (Phi) is 5.83. The number of rotatable bonds is 6. The number of benzene rings is 1. The first-order valence-corrected chi connectivity index (χ1v) is 14.4. The second-order valence-corrected chi connectivity index (χ2v) is 11.8. The van der Waals surface area contributed by atoms with Crippen LogP contribution in [0.1, 0.15) is 25.7 Å². The Bertz CT molecular complexity index is 1350. The maximum Gasteiger partial charge on any atom is 0.229 e. The zero-order chi connectivity index (χ0) is 24.8. The monoisotopic (exact) mass is 509 g/mol. The fraction of sp³-hybridized carbons (Fsp3) is 0.480. The second-order valence-electron chi connectivity index (χ2n) is 10.1.